The molecule has 2 aliphatic heterocycles. The number of rotatable bonds is 6. The van der Waals surface area contributed by atoms with Gasteiger partial charge in [-0.1, -0.05) is 30.3 Å². The van der Waals surface area contributed by atoms with Gasteiger partial charge in [-0.05, 0) is 29.8 Å². The van der Waals surface area contributed by atoms with E-state index >= 15 is 0 Å². The standard InChI is InChI=1S/C25H33FN4O2/c1-27-25(30-12-10-23(11-13-30)32-22-8-3-2-4-9-22)28-19-24(29-14-16-31-17-15-29)20-6-5-7-21(26)18-20/h2-9,18,23-24H,10-17,19H2,1H3,(H,27,28). The molecule has 172 valence electrons. The summed E-state index contributed by atoms with van der Waals surface area (Å²) in [6.07, 6.45) is 2.12. The van der Waals surface area contributed by atoms with Gasteiger partial charge in [0.15, 0.2) is 5.96 Å². The molecule has 1 N–H and O–H groups in total. The molecule has 2 aromatic rings. The monoisotopic (exact) mass is 440 g/mol. The molecule has 0 spiro atoms. The van der Waals surface area contributed by atoms with Crippen molar-refractivity contribution in [3.8, 4) is 5.75 Å². The topological polar surface area (TPSA) is 49.3 Å². The Morgan fingerprint density at radius 1 is 1.09 bits per heavy atom. The van der Waals surface area contributed by atoms with Crippen LogP contribution in [0.4, 0.5) is 4.39 Å². The van der Waals surface area contributed by atoms with E-state index in [1.54, 1.807) is 12.1 Å². The molecular weight excluding hydrogens is 407 g/mol. The van der Waals surface area contributed by atoms with Crippen molar-refractivity contribution in [1.29, 1.82) is 0 Å². The summed E-state index contributed by atoms with van der Waals surface area (Å²) in [5.74, 6) is 1.61. The van der Waals surface area contributed by atoms with E-state index in [2.05, 4.69) is 20.1 Å². The molecule has 2 aliphatic rings. The van der Waals surface area contributed by atoms with Crippen molar-refractivity contribution < 1.29 is 13.9 Å². The van der Waals surface area contributed by atoms with Crippen LogP contribution in [0.25, 0.3) is 0 Å². The number of guanidine groups is 1. The highest BCUT2D eigenvalue weighted by Gasteiger charge is 2.26. The molecule has 0 aromatic heterocycles. The van der Waals surface area contributed by atoms with Crippen molar-refractivity contribution >= 4 is 5.96 Å². The summed E-state index contributed by atoms with van der Waals surface area (Å²) in [5.41, 5.74) is 0.977. The van der Waals surface area contributed by atoms with Crippen molar-refractivity contribution in [3.05, 3.63) is 66.0 Å². The van der Waals surface area contributed by atoms with Crippen molar-refractivity contribution in [2.45, 2.75) is 25.0 Å². The molecule has 2 fully saturated rings. The number of likely N-dealkylation sites (tertiary alicyclic amines) is 1. The highest BCUT2D eigenvalue weighted by Crippen LogP contribution is 2.23. The average molecular weight is 441 g/mol. The van der Waals surface area contributed by atoms with Gasteiger partial charge in [0.05, 0.1) is 19.3 Å². The van der Waals surface area contributed by atoms with E-state index in [1.165, 1.54) is 6.07 Å². The van der Waals surface area contributed by atoms with E-state index in [0.29, 0.717) is 19.8 Å². The van der Waals surface area contributed by atoms with Gasteiger partial charge in [-0.15, -0.1) is 0 Å². The average Bonchev–Trinajstić information content (AvgIpc) is 2.84. The molecule has 7 heteroatoms. The Balaban J connectivity index is 1.35. The lowest BCUT2D eigenvalue weighted by atomic mass is 10.0. The van der Waals surface area contributed by atoms with Crippen LogP contribution in [0.5, 0.6) is 5.75 Å². The molecule has 0 radical (unpaired) electrons. The number of hydrogen-bond acceptors (Lipinski definition) is 4. The summed E-state index contributed by atoms with van der Waals surface area (Å²) in [6, 6.07) is 17.0. The number of piperidine rings is 1. The van der Waals surface area contributed by atoms with Crippen molar-refractivity contribution in [3.63, 3.8) is 0 Å². The molecule has 2 aromatic carbocycles. The first kappa shape index (κ1) is 22.6. The first-order valence-corrected chi connectivity index (χ1v) is 11.5. The Labute approximate surface area is 190 Å². The predicted octanol–water partition coefficient (Wildman–Crippen LogP) is 3.32. The SMILES string of the molecule is CN=C(NCC(c1cccc(F)c1)N1CCOCC1)N1CCC(Oc2ccccc2)CC1. The zero-order valence-electron chi connectivity index (χ0n) is 18.8. The molecule has 6 nitrogen and oxygen atoms in total. The molecule has 0 bridgehead atoms. The third-order valence-electron chi connectivity index (χ3n) is 6.17. The lowest BCUT2D eigenvalue weighted by molar-refractivity contribution is 0.0168. The fourth-order valence-electron chi connectivity index (χ4n) is 4.46. The Morgan fingerprint density at radius 2 is 1.84 bits per heavy atom. The molecule has 0 aliphatic carbocycles. The number of nitrogens with one attached hydrogen (secondary N) is 1. The number of ether oxygens (including phenoxy) is 2. The van der Waals surface area contributed by atoms with Crippen molar-refractivity contribution in [1.82, 2.24) is 15.1 Å². The Morgan fingerprint density at radius 3 is 2.53 bits per heavy atom. The van der Waals surface area contributed by atoms with Gasteiger partial charge in [0.25, 0.3) is 0 Å². The zero-order valence-corrected chi connectivity index (χ0v) is 18.8. The number of para-hydroxylation sites is 1. The van der Waals surface area contributed by atoms with Crippen LogP contribution in [0, 0.1) is 5.82 Å². The van der Waals surface area contributed by atoms with Gasteiger partial charge in [0, 0.05) is 52.6 Å². The van der Waals surface area contributed by atoms with Crippen LogP contribution in [-0.4, -0.2) is 74.8 Å². The van der Waals surface area contributed by atoms with Crippen LogP contribution in [0.15, 0.2) is 59.6 Å². The maximum atomic E-state index is 13.9. The summed E-state index contributed by atoms with van der Waals surface area (Å²) < 4.78 is 25.6. The second-order valence-corrected chi connectivity index (χ2v) is 8.26. The van der Waals surface area contributed by atoms with Gasteiger partial charge in [-0.2, -0.15) is 0 Å². The van der Waals surface area contributed by atoms with E-state index in [-0.39, 0.29) is 18.0 Å². The van der Waals surface area contributed by atoms with Gasteiger partial charge in [0.1, 0.15) is 17.7 Å². The minimum absolute atomic E-state index is 0.0605. The lowest BCUT2D eigenvalue weighted by Crippen LogP contribution is -2.50. The fourth-order valence-corrected chi connectivity index (χ4v) is 4.46. The van der Waals surface area contributed by atoms with E-state index in [1.807, 2.05) is 43.4 Å². The van der Waals surface area contributed by atoms with E-state index in [9.17, 15) is 4.39 Å². The summed E-state index contributed by atoms with van der Waals surface area (Å²) in [7, 11) is 1.82. The highest BCUT2D eigenvalue weighted by molar-refractivity contribution is 5.80. The van der Waals surface area contributed by atoms with Crippen LogP contribution >= 0.6 is 0 Å². The fraction of sp³-hybridized carbons (Fsp3) is 0.480. The number of halogens is 1. The summed E-state index contributed by atoms with van der Waals surface area (Å²) in [5, 5.41) is 3.55. The molecular formula is C25H33FN4O2. The minimum atomic E-state index is -0.203. The maximum Gasteiger partial charge on any atom is 0.193 e. The second-order valence-electron chi connectivity index (χ2n) is 8.26. The lowest BCUT2D eigenvalue weighted by Gasteiger charge is -2.37. The maximum absolute atomic E-state index is 13.9. The first-order valence-electron chi connectivity index (χ1n) is 11.5. The quantitative estimate of drug-likeness (QED) is 0.552. The molecule has 4 rings (SSSR count). The van der Waals surface area contributed by atoms with Crippen LogP contribution in [0.1, 0.15) is 24.4 Å². The predicted molar refractivity (Wildman–Crippen MR) is 125 cm³/mol. The largest absolute Gasteiger partial charge is 0.490 e. The van der Waals surface area contributed by atoms with Crippen molar-refractivity contribution in [2.75, 3.05) is 53.0 Å². The summed E-state index contributed by atoms with van der Waals surface area (Å²) in [6.45, 7) is 5.52. The van der Waals surface area contributed by atoms with Crippen LogP contribution < -0.4 is 10.1 Å². The Hall–Kier alpha value is -2.64. The van der Waals surface area contributed by atoms with E-state index in [0.717, 1.165) is 56.3 Å². The molecule has 1 atom stereocenters. The number of hydrogen-bond donors (Lipinski definition) is 1. The number of nitrogens with zero attached hydrogens (tertiary/aromatic N) is 3. The molecule has 2 saturated heterocycles. The van der Waals surface area contributed by atoms with Crippen LogP contribution in [-0.2, 0) is 4.74 Å². The van der Waals surface area contributed by atoms with Crippen LogP contribution in [0.2, 0.25) is 0 Å². The molecule has 0 saturated carbocycles. The van der Waals surface area contributed by atoms with Gasteiger partial charge in [-0.25, -0.2) is 4.39 Å². The van der Waals surface area contributed by atoms with Crippen LogP contribution in [0.3, 0.4) is 0 Å². The first-order chi connectivity index (χ1) is 15.7. The smallest absolute Gasteiger partial charge is 0.193 e. The molecule has 2 heterocycles. The van der Waals surface area contributed by atoms with Gasteiger partial charge in [0.2, 0.25) is 0 Å². The molecule has 32 heavy (non-hydrogen) atoms. The summed E-state index contributed by atoms with van der Waals surface area (Å²) >= 11 is 0. The van der Waals surface area contributed by atoms with E-state index < -0.39 is 0 Å². The molecule has 0 amide bonds. The number of benzene rings is 2. The minimum Gasteiger partial charge on any atom is -0.490 e. The van der Waals surface area contributed by atoms with Gasteiger partial charge < -0.3 is 19.7 Å². The number of aliphatic imine (C=N–C) groups is 1. The van der Waals surface area contributed by atoms with Gasteiger partial charge >= 0.3 is 0 Å². The second kappa shape index (κ2) is 11.3. The third kappa shape index (κ3) is 5.99. The zero-order chi connectivity index (χ0) is 22.2. The molecule has 1 unspecified atom stereocenters. The Bertz CT molecular complexity index is 865. The summed E-state index contributed by atoms with van der Waals surface area (Å²) in [4.78, 5) is 9.17. The highest BCUT2D eigenvalue weighted by atomic mass is 19.1. The van der Waals surface area contributed by atoms with Crippen molar-refractivity contribution in [2.24, 2.45) is 4.99 Å². The Kier molecular flexibility index (Phi) is 7.96. The number of morpholine rings is 1. The van der Waals surface area contributed by atoms with E-state index in [4.69, 9.17) is 9.47 Å². The third-order valence-corrected chi connectivity index (χ3v) is 6.17. The normalized spacial score (nSPS) is 19.6. The van der Waals surface area contributed by atoms with Gasteiger partial charge in [-0.3, -0.25) is 9.89 Å².